The van der Waals surface area contributed by atoms with E-state index in [0.717, 1.165) is 4.47 Å². The lowest BCUT2D eigenvalue weighted by atomic mass is 10.3. The van der Waals surface area contributed by atoms with E-state index in [2.05, 4.69) is 26.1 Å². The van der Waals surface area contributed by atoms with Crippen LogP contribution in [0.1, 0.15) is 0 Å². The predicted octanol–water partition coefficient (Wildman–Crippen LogP) is 2.54. The molecule has 19 heavy (non-hydrogen) atoms. The van der Waals surface area contributed by atoms with Crippen LogP contribution in [0.25, 0.3) is 0 Å². The summed E-state index contributed by atoms with van der Waals surface area (Å²) in [6.07, 6.45) is 0. The molecule has 0 aromatic heterocycles. The van der Waals surface area contributed by atoms with Crippen molar-refractivity contribution in [2.75, 3.05) is 10.1 Å². The standard InChI is InChI=1S/C12H12BrN3O2S/c13-9-2-1-3-11(8-9)16-19(17,18)12-6-4-10(15-14)5-7-12/h1-8,15-16H,14H2. The molecule has 7 heteroatoms. The number of hydrazine groups is 1. The van der Waals surface area contributed by atoms with Gasteiger partial charge in [-0.3, -0.25) is 10.6 Å². The van der Waals surface area contributed by atoms with Crippen LogP contribution in [0.3, 0.4) is 0 Å². The monoisotopic (exact) mass is 341 g/mol. The summed E-state index contributed by atoms with van der Waals surface area (Å²) in [6, 6.07) is 13.1. The van der Waals surface area contributed by atoms with Gasteiger partial charge >= 0.3 is 0 Å². The first-order valence-electron chi connectivity index (χ1n) is 5.36. The molecule has 0 radical (unpaired) electrons. The summed E-state index contributed by atoms with van der Waals surface area (Å²) in [4.78, 5) is 0.173. The van der Waals surface area contributed by atoms with E-state index < -0.39 is 10.0 Å². The van der Waals surface area contributed by atoms with Crippen molar-refractivity contribution in [3.63, 3.8) is 0 Å². The second-order valence-electron chi connectivity index (χ2n) is 3.78. The van der Waals surface area contributed by atoms with E-state index in [4.69, 9.17) is 5.84 Å². The van der Waals surface area contributed by atoms with Crippen LogP contribution < -0.4 is 16.0 Å². The highest BCUT2D eigenvalue weighted by molar-refractivity contribution is 9.10. The third-order valence-corrected chi connectivity index (χ3v) is 4.30. The molecule has 0 unspecified atom stereocenters. The zero-order valence-electron chi connectivity index (χ0n) is 9.80. The Labute approximate surface area is 120 Å². The van der Waals surface area contributed by atoms with E-state index in [1.807, 2.05) is 6.07 Å². The minimum Gasteiger partial charge on any atom is -0.324 e. The number of hydrogen-bond acceptors (Lipinski definition) is 4. The quantitative estimate of drug-likeness (QED) is 0.589. The van der Waals surface area contributed by atoms with Crippen molar-refractivity contribution in [2.45, 2.75) is 4.90 Å². The molecule has 0 saturated carbocycles. The summed E-state index contributed by atoms with van der Waals surface area (Å²) in [5, 5.41) is 0. The van der Waals surface area contributed by atoms with Gasteiger partial charge in [0, 0.05) is 15.8 Å². The Morgan fingerprint density at radius 1 is 1.00 bits per heavy atom. The van der Waals surface area contributed by atoms with Crippen LogP contribution in [0.4, 0.5) is 11.4 Å². The Balaban J connectivity index is 2.27. The molecular weight excluding hydrogens is 330 g/mol. The molecular formula is C12H12BrN3O2S. The number of hydrogen-bond donors (Lipinski definition) is 3. The molecule has 0 aliphatic rings. The Bertz CT molecular complexity index is 672. The topological polar surface area (TPSA) is 84.2 Å². The molecule has 100 valence electrons. The van der Waals surface area contributed by atoms with Gasteiger partial charge < -0.3 is 5.43 Å². The first-order chi connectivity index (χ1) is 9.01. The number of nitrogens with one attached hydrogen (secondary N) is 2. The van der Waals surface area contributed by atoms with Gasteiger partial charge in [-0.15, -0.1) is 0 Å². The van der Waals surface area contributed by atoms with Crippen LogP contribution in [0, 0.1) is 0 Å². The van der Waals surface area contributed by atoms with Crippen molar-refractivity contribution in [3.8, 4) is 0 Å². The molecule has 0 atom stereocenters. The molecule has 4 N–H and O–H groups in total. The number of nitrogen functional groups attached to an aromatic ring is 1. The Kier molecular flexibility index (Phi) is 4.08. The minimum atomic E-state index is -3.59. The highest BCUT2D eigenvalue weighted by Crippen LogP contribution is 2.20. The van der Waals surface area contributed by atoms with Crippen LogP contribution in [0.15, 0.2) is 57.9 Å². The smallest absolute Gasteiger partial charge is 0.261 e. The summed E-state index contributed by atoms with van der Waals surface area (Å²) < 4.78 is 27.6. The van der Waals surface area contributed by atoms with Gasteiger partial charge in [-0.2, -0.15) is 0 Å². The maximum Gasteiger partial charge on any atom is 0.261 e. The molecule has 0 fully saturated rings. The molecule has 5 nitrogen and oxygen atoms in total. The molecule has 0 heterocycles. The maximum absolute atomic E-state index is 12.1. The molecule has 0 amide bonds. The van der Waals surface area contributed by atoms with Gasteiger partial charge in [-0.25, -0.2) is 8.42 Å². The lowest BCUT2D eigenvalue weighted by Crippen LogP contribution is -2.13. The van der Waals surface area contributed by atoms with E-state index in [0.29, 0.717) is 11.4 Å². The Morgan fingerprint density at radius 3 is 2.26 bits per heavy atom. The number of nitrogens with two attached hydrogens (primary N) is 1. The fourth-order valence-electron chi connectivity index (χ4n) is 1.50. The summed E-state index contributed by atoms with van der Waals surface area (Å²) in [7, 11) is -3.59. The number of benzene rings is 2. The fraction of sp³-hybridized carbons (Fsp3) is 0. The van der Waals surface area contributed by atoms with Gasteiger partial charge in [0.15, 0.2) is 0 Å². The SMILES string of the molecule is NNc1ccc(S(=O)(=O)Nc2cccc(Br)c2)cc1. The van der Waals surface area contributed by atoms with Crippen molar-refractivity contribution in [1.82, 2.24) is 0 Å². The van der Waals surface area contributed by atoms with Gasteiger partial charge in [0.25, 0.3) is 10.0 Å². The lowest BCUT2D eigenvalue weighted by Gasteiger charge is -2.09. The molecule has 0 aliphatic carbocycles. The largest absolute Gasteiger partial charge is 0.324 e. The van der Waals surface area contributed by atoms with E-state index >= 15 is 0 Å². The second kappa shape index (κ2) is 5.60. The number of sulfonamides is 1. The van der Waals surface area contributed by atoms with Gasteiger partial charge in [0.1, 0.15) is 0 Å². The third kappa shape index (κ3) is 3.46. The highest BCUT2D eigenvalue weighted by Gasteiger charge is 2.13. The lowest BCUT2D eigenvalue weighted by molar-refractivity contribution is 0.601. The van der Waals surface area contributed by atoms with Crippen molar-refractivity contribution in [2.24, 2.45) is 5.84 Å². The van der Waals surface area contributed by atoms with Gasteiger partial charge in [0.05, 0.1) is 4.90 Å². The van der Waals surface area contributed by atoms with Crippen molar-refractivity contribution >= 4 is 37.3 Å². The molecule has 0 saturated heterocycles. The van der Waals surface area contributed by atoms with Gasteiger partial charge in [0.2, 0.25) is 0 Å². The number of rotatable bonds is 4. The van der Waals surface area contributed by atoms with Crippen LogP contribution >= 0.6 is 15.9 Å². The zero-order valence-corrected chi connectivity index (χ0v) is 12.2. The summed E-state index contributed by atoms with van der Waals surface area (Å²) in [5.41, 5.74) is 3.58. The number of halogens is 1. The van der Waals surface area contributed by atoms with Crippen LogP contribution in [0.5, 0.6) is 0 Å². The fourth-order valence-corrected chi connectivity index (χ4v) is 2.95. The maximum atomic E-state index is 12.1. The predicted molar refractivity (Wildman–Crippen MR) is 79.2 cm³/mol. The third-order valence-electron chi connectivity index (χ3n) is 2.41. The average molecular weight is 342 g/mol. The summed E-state index contributed by atoms with van der Waals surface area (Å²) >= 11 is 3.29. The van der Waals surface area contributed by atoms with Gasteiger partial charge in [-0.05, 0) is 42.5 Å². The van der Waals surface area contributed by atoms with Crippen LogP contribution in [0.2, 0.25) is 0 Å². The normalized spacial score (nSPS) is 11.1. The van der Waals surface area contributed by atoms with Crippen LogP contribution in [-0.2, 0) is 10.0 Å². The van der Waals surface area contributed by atoms with E-state index in [1.165, 1.54) is 12.1 Å². The first kappa shape index (κ1) is 13.9. The van der Waals surface area contributed by atoms with E-state index in [9.17, 15) is 8.42 Å². The Hall–Kier alpha value is -1.57. The molecule has 0 aliphatic heterocycles. The molecule has 2 rings (SSSR count). The zero-order chi connectivity index (χ0) is 13.9. The summed E-state index contributed by atoms with van der Waals surface area (Å²) in [6.45, 7) is 0. The molecule has 0 bridgehead atoms. The van der Waals surface area contributed by atoms with Gasteiger partial charge in [-0.1, -0.05) is 22.0 Å². The Morgan fingerprint density at radius 2 is 1.68 bits per heavy atom. The second-order valence-corrected chi connectivity index (χ2v) is 6.38. The first-order valence-corrected chi connectivity index (χ1v) is 7.64. The minimum absolute atomic E-state index is 0.173. The van der Waals surface area contributed by atoms with E-state index in [-0.39, 0.29) is 4.90 Å². The van der Waals surface area contributed by atoms with Crippen molar-refractivity contribution < 1.29 is 8.42 Å². The van der Waals surface area contributed by atoms with E-state index in [1.54, 1.807) is 30.3 Å². The molecule has 2 aromatic rings. The molecule has 2 aromatic carbocycles. The number of anilines is 2. The summed E-state index contributed by atoms with van der Waals surface area (Å²) in [5.74, 6) is 5.23. The average Bonchev–Trinajstić information content (AvgIpc) is 2.38. The molecule has 0 spiro atoms. The highest BCUT2D eigenvalue weighted by atomic mass is 79.9. The van der Waals surface area contributed by atoms with Crippen LogP contribution in [-0.4, -0.2) is 8.42 Å². The van der Waals surface area contributed by atoms with Crippen molar-refractivity contribution in [3.05, 3.63) is 53.0 Å². The van der Waals surface area contributed by atoms with Crippen molar-refractivity contribution in [1.29, 1.82) is 0 Å².